The molecular weight excluding hydrogens is 200 g/mol. The van der Waals surface area contributed by atoms with Gasteiger partial charge in [0.1, 0.15) is 5.82 Å². The third-order valence-electron chi connectivity index (χ3n) is 2.62. The Bertz CT molecular complexity index is 346. The maximum absolute atomic E-state index is 5.28. The summed E-state index contributed by atoms with van der Waals surface area (Å²) in [5.41, 5.74) is 2.41. The molecule has 1 fully saturated rings. The second kappa shape index (κ2) is 5.83. The summed E-state index contributed by atoms with van der Waals surface area (Å²) < 4.78 is 5.28. The highest BCUT2D eigenvalue weighted by atomic mass is 16.5. The summed E-state index contributed by atoms with van der Waals surface area (Å²) in [5.74, 6) is 2.25. The summed E-state index contributed by atoms with van der Waals surface area (Å²) in [6.07, 6.45) is 3.49. The molecule has 0 atom stereocenters. The van der Waals surface area contributed by atoms with E-state index in [1.54, 1.807) is 7.11 Å². The van der Waals surface area contributed by atoms with Gasteiger partial charge in [-0.25, -0.2) is 4.98 Å². The van der Waals surface area contributed by atoms with E-state index in [0.29, 0.717) is 5.92 Å². The Labute approximate surface area is 98.3 Å². The quantitative estimate of drug-likeness (QED) is 0.787. The Morgan fingerprint density at radius 3 is 2.31 bits per heavy atom. The summed E-state index contributed by atoms with van der Waals surface area (Å²) in [6.45, 7) is 8.05. The molecule has 1 aliphatic carbocycles. The molecule has 3 heteroatoms. The second-order valence-electron chi connectivity index (χ2n) is 3.77. The van der Waals surface area contributed by atoms with Crippen molar-refractivity contribution >= 4 is 0 Å². The van der Waals surface area contributed by atoms with Gasteiger partial charge in [0, 0.05) is 11.5 Å². The zero-order chi connectivity index (χ0) is 12.1. The monoisotopic (exact) mass is 222 g/mol. The number of rotatable bonds is 3. The van der Waals surface area contributed by atoms with Crippen LogP contribution in [0.1, 0.15) is 56.6 Å². The van der Waals surface area contributed by atoms with E-state index in [-0.39, 0.29) is 0 Å². The van der Waals surface area contributed by atoms with Crippen molar-refractivity contribution in [3.05, 3.63) is 17.1 Å². The van der Waals surface area contributed by atoms with Crippen LogP contribution in [0.2, 0.25) is 0 Å². The summed E-state index contributed by atoms with van der Waals surface area (Å²) in [5, 5.41) is 0. The van der Waals surface area contributed by atoms with Gasteiger partial charge in [-0.15, -0.1) is 0 Å². The molecular formula is C13H22N2O. The minimum absolute atomic E-state index is 0.667. The SMILES string of the molecule is CC.CCc1c(OC)nc(C)nc1C1CC1. The first-order chi connectivity index (χ1) is 7.76. The van der Waals surface area contributed by atoms with Crippen LogP contribution in [0.15, 0.2) is 0 Å². The highest BCUT2D eigenvalue weighted by Gasteiger charge is 2.29. The van der Waals surface area contributed by atoms with Gasteiger partial charge in [0.15, 0.2) is 0 Å². The Morgan fingerprint density at radius 1 is 1.25 bits per heavy atom. The summed E-state index contributed by atoms with van der Waals surface area (Å²) >= 11 is 0. The van der Waals surface area contributed by atoms with Gasteiger partial charge in [-0.05, 0) is 26.2 Å². The van der Waals surface area contributed by atoms with Crippen LogP contribution in [-0.2, 0) is 6.42 Å². The molecule has 1 aromatic rings. The average molecular weight is 222 g/mol. The standard InChI is InChI=1S/C11H16N2O.C2H6/c1-4-9-10(8-5-6-8)12-7(2)13-11(9)14-3;1-2/h8H,4-6H2,1-3H3;1-2H3. The first kappa shape index (κ1) is 12.9. The molecule has 0 spiro atoms. The fourth-order valence-electron chi connectivity index (χ4n) is 1.79. The average Bonchev–Trinajstić information content (AvgIpc) is 3.14. The maximum Gasteiger partial charge on any atom is 0.219 e. The Morgan fingerprint density at radius 2 is 1.88 bits per heavy atom. The van der Waals surface area contributed by atoms with E-state index in [1.807, 2.05) is 20.8 Å². The number of nitrogens with zero attached hydrogens (tertiary/aromatic N) is 2. The van der Waals surface area contributed by atoms with E-state index in [0.717, 1.165) is 18.1 Å². The second-order valence-corrected chi connectivity index (χ2v) is 3.77. The smallest absolute Gasteiger partial charge is 0.219 e. The van der Waals surface area contributed by atoms with Crippen LogP contribution in [0.4, 0.5) is 0 Å². The van der Waals surface area contributed by atoms with Crippen molar-refractivity contribution in [2.75, 3.05) is 7.11 Å². The molecule has 1 aliphatic rings. The van der Waals surface area contributed by atoms with Crippen LogP contribution in [0.3, 0.4) is 0 Å². The minimum Gasteiger partial charge on any atom is -0.481 e. The molecule has 90 valence electrons. The predicted octanol–water partition coefficient (Wildman–Crippen LogP) is 3.26. The third-order valence-corrected chi connectivity index (χ3v) is 2.62. The normalized spacial score (nSPS) is 14.1. The van der Waals surface area contributed by atoms with E-state index < -0.39 is 0 Å². The van der Waals surface area contributed by atoms with Crippen molar-refractivity contribution in [1.29, 1.82) is 0 Å². The molecule has 2 rings (SSSR count). The van der Waals surface area contributed by atoms with Gasteiger partial charge < -0.3 is 4.74 Å². The number of hydrogen-bond acceptors (Lipinski definition) is 3. The number of methoxy groups -OCH3 is 1. The number of hydrogen-bond donors (Lipinski definition) is 0. The van der Waals surface area contributed by atoms with Crippen molar-refractivity contribution in [2.45, 2.75) is 52.9 Å². The van der Waals surface area contributed by atoms with Crippen molar-refractivity contribution in [1.82, 2.24) is 9.97 Å². The van der Waals surface area contributed by atoms with E-state index in [1.165, 1.54) is 24.1 Å². The summed E-state index contributed by atoms with van der Waals surface area (Å²) in [4.78, 5) is 8.82. The van der Waals surface area contributed by atoms with Crippen LogP contribution in [0.25, 0.3) is 0 Å². The molecule has 0 saturated heterocycles. The summed E-state index contributed by atoms with van der Waals surface area (Å²) in [6, 6.07) is 0. The molecule has 0 unspecified atom stereocenters. The zero-order valence-electron chi connectivity index (χ0n) is 11.0. The molecule has 0 amide bonds. The Kier molecular flexibility index (Phi) is 4.71. The van der Waals surface area contributed by atoms with E-state index in [4.69, 9.17) is 4.74 Å². The van der Waals surface area contributed by atoms with Gasteiger partial charge in [-0.1, -0.05) is 20.8 Å². The van der Waals surface area contributed by atoms with Crippen LogP contribution in [0, 0.1) is 6.92 Å². The van der Waals surface area contributed by atoms with Gasteiger partial charge in [0.05, 0.1) is 12.8 Å². The van der Waals surface area contributed by atoms with Gasteiger partial charge in [0.25, 0.3) is 0 Å². The molecule has 1 saturated carbocycles. The number of aryl methyl sites for hydroxylation is 1. The lowest BCUT2D eigenvalue weighted by atomic mass is 10.1. The lowest BCUT2D eigenvalue weighted by Gasteiger charge is -2.10. The molecule has 1 heterocycles. The molecule has 3 nitrogen and oxygen atoms in total. The predicted molar refractivity (Wildman–Crippen MR) is 66.0 cm³/mol. The van der Waals surface area contributed by atoms with Crippen LogP contribution in [-0.4, -0.2) is 17.1 Å². The number of ether oxygens (including phenoxy) is 1. The fraction of sp³-hybridized carbons (Fsp3) is 0.692. The summed E-state index contributed by atoms with van der Waals surface area (Å²) in [7, 11) is 1.68. The molecule has 0 radical (unpaired) electrons. The lowest BCUT2D eigenvalue weighted by molar-refractivity contribution is 0.389. The third kappa shape index (κ3) is 2.71. The van der Waals surface area contributed by atoms with Gasteiger partial charge in [0.2, 0.25) is 5.88 Å². The van der Waals surface area contributed by atoms with Crippen LogP contribution >= 0.6 is 0 Å². The van der Waals surface area contributed by atoms with Crippen LogP contribution < -0.4 is 4.74 Å². The maximum atomic E-state index is 5.28. The highest BCUT2D eigenvalue weighted by molar-refractivity contribution is 5.35. The molecule has 0 bridgehead atoms. The van der Waals surface area contributed by atoms with Gasteiger partial charge in [-0.2, -0.15) is 4.98 Å². The van der Waals surface area contributed by atoms with E-state index in [2.05, 4.69) is 16.9 Å². The molecule has 0 N–H and O–H groups in total. The van der Waals surface area contributed by atoms with Crippen molar-refractivity contribution in [2.24, 2.45) is 0 Å². The first-order valence-corrected chi connectivity index (χ1v) is 6.17. The van der Waals surface area contributed by atoms with Crippen LogP contribution in [0.5, 0.6) is 5.88 Å². The van der Waals surface area contributed by atoms with Gasteiger partial charge >= 0.3 is 0 Å². The Hall–Kier alpha value is -1.12. The molecule has 0 aliphatic heterocycles. The van der Waals surface area contributed by atoms with Gasteiger partial charge in [-0.3, -0.25) is 0 Å². The zero-order valence-corrected chi connectivity index (χ0v) is 11.0. The Balaban J connectivity index is 0.000000606. The largest absolute Gasteiger partial charge is 0.481 e. The van der Waals surface area contributed by atoms with Crippen molar-refractivity contribution in [3.63, 3.8) is 0 Å². The topological polar surface area (TPSA) is 35.0 Å². The minimum atomic E-state index is 0.667. The fourth-order valence-corrected chi connectivity index (χ4v) is 1.79. The number of aromatic nitrogens is 2. The van der Waals surface area contributed by atoms with E-state index in [9.17, 15) is 0 Å². The molecule has 16 heavy (non-hydrogen) atoms. The van der Waals surface area contributed by atoms with Crippen molar-refractivity contribution in [3.8, 4) is 5.88 Å². The lowest BCUT2D eigenvalue weighted by Crippen LogP contribution is -2.04. The van der Waals surface area contributed by atoms with Crippen molar-refractivity contribution < 1.29 is 4.74 Å². The molecule has 1 aromatic heterocycles. The first-order valence-electron chi connectivity index (χ1n) is 6.17. The highest BCUT2D eigenvalue weighted by Crippen LogP contribution is 2.42. The van der Waals surface area contributed by atoms with E-state index >= 15 is 0 Å². The molecule has 0 aromatic carbocycles.